The first kappa shape index (κ1) is 27.8. The summed E-state index contributed by atoms with van der Waals surface area (Å²) in [7, 11) is -3.60. The Labute approximate surface area is 224 Å². The van der Waals surface area contributed by atoms with Gasteiger partial charge in [0.05, 0.1) is 23.1 Å². The van der Waals surface area contributed by atoms with Gasteiger partial charge in [-0.15, -0.1) is 11.3 Å². The normalized spacial score (nSPS) is 19.8. The zero-order chi connectivity index (χ0) is 26.9. The molecule has 1 fully saturated rings. The average Bonchev–Trinajstić information content (AvgIpc) is 3.21. The lowest BCUT2D eigenvalue weighted by Crippen LogP contribution is -2.54. The Morgan fingerprint density at radius 2 is 1.89 bits per heavy atom. The van der Waals surface area contributed by atoms with Crippen LogP contribution in [0.5, 0.6) is 0 Å². The minimum Gasteiger partial charge on any atom is -0.462 e. The van der Waals surface area contributed by atoms with Gasteiger partial charge in [0, 0.05) is 31.1 Å². The van der Waals surface area contributed by atoms with Gasteiger partial charge in [0.25, 0.3) is 0 Å². The molecule has 2 atom stereocenters. The minimum atomic E-state index is -3.60. The number of anilines is 1. The van der Waals surface area contributed by atoms with Gasteiger partial charge >= 0.3 is 5.97 Å². The van der Waals surface area contributed by atoms with Crippen molar-refractivity contribution in [2.45, 2.75) is 64.8 Å². The number of hydrogen-bond donors (Lipinski definition) is 1. The van der Waals surface area contributed by atoms with Gasteiger partial charge < -0.3 is 10.1 Å². The maximum Gasteiger partial charge on any atom is 0.341 e. The van der Waals surface area contributed by atoms with Crippen LogP contribution in [0.4, 0.5) is 5.00 Å². The zero-order valence-corrected chi connectivity index (χ0v) is 23.9. The molecule has 2 aliphatic rings. The number of aryl methyl sites for hydroxylation is 2. The third kappa shape index (κ3) is 5.77. The summed E-state index contributed by atoms with van der Waals surface area (Å²) < 4.78 is 33.4. The van der Waals surface area contributed by atoms with Crippen LogP contribution in [0.25, 0.3) is 0 Å². The molecule has 10 heteroatoms. The maximum atomic E-state index is 13.3. The standard InChI is InChI=1S/C27H37N3O5S2/c1-6-35-27(32)24-21-10-8-17(2)15-22(21)36-26(24)28-25(31)20(5)29-11-13-30(14-12-29)37(33,34)23-16-18(3)7-9-19(23)4/h7,9,16-17,20H,6,8,10-15H2,1-5H3,(H,28,31). The number of esters is 1. The Bertz CT molecular complexity index is 1280. The fourth-order valence-electron chi connectivity index (χ4n) is 5.10. The van der Waals surface area contributed by atoms with Gasteiger partial charge in [-0.2, -0.15) is 4.31 Å². The summed E-state index contributed by atoms with van der Waals surface area (Å²) in [4.78, 5) is 29.5. The van der Waals surface area contributed by atoms with E-state index in [4.69, 9.17) is 4.74 Å². The molecule has 1 aromatic heterocycles. The Hall–Kier alpha value is -2.27. The largest absolute Gasteiger partial charge is 0.462 e. The lowest BCUT2D eigenvalue weighted by molar-refractivity contribution is -0.121. The van der Waals surface area contributed by atoms with Crippen molar-refractivity contribution in [1.29, 1.82) is 0 Å². The number of amides is 1. The van der Waals surface area contributed by atoms with Gasteiger partial charge in [0.15, 0.2) is 0 Å². The molecule has 202 valence electrons. The fourth-order valence-corrected chi connectivity index (χ4v) is 8.23. The van der Waals surface area contributed by atoms with Gasteiger partial charge in [-0.25, -0.2) is 13.2 Å². The predicted molar refractivity (Wildman–Crippen MR) is 146 cm³/mol. The first-order valence-electron chi connectivity index (χ1n) is 13.0. The number of hydrogen-bond acceptors (Lipinski definition) is 7. The van der Waals surface area contributed by atoms with Crippen LogP contribution in [0, 0.1) is 19.8 Å². The molecule has 2 aromatic rings. The van der Waals surface area contributed by atoms with Crippen molar-refractivity contribution in [1.82, 2.24) is 9.21 Å². The molecular formula is C27H37N3O5S2. The van der Waals surface area contributed by atoms with Crippen molar-refractivity contribution in [3.63, 3.8) is 0 Å². The van der Waals surface area contributed by atoms with Gasteiger partial charge in [-0.1, -0.05) is 19.1 Å². The number of nitrogens with zero attached hydrogens (tertiary/aromatic N) is 2. The van der Waals surface area contributed by atoms with E-state index in [1.165, 1.54) is 15.6 Å². The summed E-state index contributed by atoms with van der Waals surface area (Å²) in [5.74, 6) is -0.0503. The Kier molecular flexibility index (Phi) is 8.42. The zero-order valence-electron chi connectivity index (χ0n) is 22.3. The number of benzene rings is 1. The van der Waals surface area contributed by atoms with E-state index >= 15 is 0 Å². The van der Waals surface area contributed by atoms with Crippen molar-refractivity contribution in [2.24, 2.45) is 5.92 Å². The number of thiophene rings is 1. The van der Waals surface area contributed by atoms with Gasteiger partial charge in [0.2, 0.25) is 15.9 Å². The molecule has 1 aliphatic heterocycles. The van der Waals surface area contributed by atoms with E-state index in [9.17, 15) is 18.0 Å². The van der Waals surface area contributed by atoms with Crippen LogP contribution in [-0.2, 0) is 32.4 Å². The van der Waals surface area contributed by atoms with Crippen LogP contribution in [-0.4, -0.2) is 68.3 Å². The minimum absolute atomic E-state index is 0.206. The monoisotopic (exact) mass is 547 g/mol. The van der Waals surface area contributed by atoms with Gasteiger partial charge in [0.1, 0.15) is 5.00 Å². The molecule has 0 saturated carbocycles. The summed E-state index contributed by atoms with van der Waals surface area (Å²) in [6.45, 7) is 11.3. The summed E-state index contributed by atoms with van der Waals surface area (Å²) in [5.41, 5.74) is 3.14. The number of ether oxygens (including phenoxy) is 1. The lowest BCUT2D eigenvalue weighted by Gasteiger charge is -2.36. The van der Waals surface area contributed by atoms with Crippen molar-refractivity contribution in [3.8, 4) is 0 Å². The SMILES string of the molecule is CCOC(=O)c1c(NC(=O)C(C)N2CCN(S(=O)(=O)c3cc(C)ccc3C)CC2)sc2c1CCC(C)C2. The highest BCUT2D eigenvalue weighted by molar-refractivity contribution is 7.89. The molecule has 4 rings (SSSR count). The van der Waals surface area contributed by atoms with Crippen molar-refractivity contribution in [3.05, 3.63) is 45.3 Å². The molecule has 1 aliphatic carbocycles. The maximum absolute atomic E-state index is 13.3. The first-order valence-corrected chi connectivity index (χ1v) is 15.2. The molecular weight excluding hydrogens is 510 g/mol. The molecule has 2 heterocycles. The molecule has 0 radical (unpaired) electrons. The van der Waals surface area contributed by atoms with Crippen molar-refractivity contribution in [2.75, 3.05) is 38.1 Å². The number of piperazine rings is 1. The second-order valence-electron chi connectivity index (χ2n) is 10.2. The van der Waals surface area contributed by atoms with Gasteiger partial charge in [-0.05, 0) is 75.6 Å². The number of rotatable bonds is 7. The first-order chi connectivity index (χ1) is 17.5. The van der Waals surface area contributed by atoms with Crippen LogP contribution in [0.2, 0.25) is 0 Å². The number of carbonyl (C=O) groups excluding carboxylic acids is 2. The quantitative estimate of drug-likeness (QED) is 0.527. The second kappa shape index (κ2) is 11.2. The van der Waals surface area contributed by atoms with Gasteiger partial charge in [-0.3, -0.25) is 9.69 Å². The van der Waals surface area contributed by atoms with Crippen LogP contribution in [0.3, 0.4) is 0 Å². The number of sulfonamides is 1. The number of nitrogens with one attached hydrogen (secondary N) is 1. The summed E-state index contributed by atoms with van der Waals surface area (Å²) >= 11 is 1.48. The molecule has 37 heavy (non-hydrogen) atoms. The molecule has 0 bridgehead atoms. The third-order valence-corrected chi connectivity index (χ3v) is 10.6. The van der Waals surface area contributed by atoms with E-state index in [-0.39, 0.29) is 18.5 Å². The second-order valence-corrected chi connectivity index (χ2v) is 13.2. The van der Waals surface area contributed by atoms with Crippen molar-refractivity contribution >= 4 is 38.2 Å². The number of carbonyl (C=O) groups is 2. The highest BCUT2D eigenvalue weighted by Crippen LogP contribution is 2.40. The van der Waals surface area contributed by atoms with Crippen LogP contribution >= 0.6 is 11.3 Å². The highest BCUT2D eigenvalue weighted by Gasteiger charge is 2.34. The Balaban J connectivity index is 1.45. The Morgan fingerprint density at radius 1 is 1.19 bits per heavy atom. The summed E-state index contributed by atoms with van der Waals surface area (Å²) in [5, 5.41) is 3.57. The third-order valence-electron chi connectivity index (χ3n) is 7.39. The molecule has 1 aromatic carbocycles. The Morgan fingerprint density at radius 3 is 2.57 bits per heavy atom. The number of fused-ring (bicyclic) bond motifs is 1. The smallest absolute Gasteiger partial charge is 0.341 e. The predicted octanol–water partition coefficient (Wildman–Crippen LogP) is 4.00. The van der Waals surface area contributed by atoms with E-state index in [0.29, 0.717) is 47.6 Å². The molecule has 0 spiro atoms. The highest BCUT2D eigenvalue weighted by atomic mass is 32.2. The summed E-state index contributed by atoms with van der Waals surface area (Å²) in [6, 6.07) is 4.98. The van der Waals surface area contributed by atoms with E-state index in [1.807, 2.05) is 37.8 Å². The lowest BCUT2D eigenvalue weighted by atomic mass is 9.88. The van der Waals surface area contributed by atoms with Crippen molar-refractivity contribution < 1.29 is 22.7 Å². The summed E-state index contributed by atoms with van der Waals surface area (Å²) in [6.07, 6.45) is 2.72. The van der Waals surface area contributed by atoms with E-state index in [1.54, 1.807) is 13.0 Å². The molecule has 8 nitrogen and oxygen atoms in total. The van der Waals surface area contributed by atoms with Crippen LogP contribution < -0.4 is 5.32 Å². The molecule has 2 unspecified atom stereocenters. The average molecular weight is 548 g/mol. The van der Waals surface area contributed by atoms with Crippen LogP contribution in [0.1, 0.15) is 59.1 Å². The fraction of sp³-hybridized carbons (Fsp3) is 0.556. The van der Waals surface area contributed by atoms with E-state index in [0.717, 1.165) is 40.8 Å². The van der Waals surface area contributed by atoms with E-state index < -0.39 is 16.1 Å². The van der Waals surface area contributed by atoms with Crippen LogP contribution in [0.15, 0.2) is 23.1 Å². The topological polar surface area (TPSA) is 96.0 Å². The van der Waals surface area contributed by atoms with E-state index in [2.05, 4.69) is 12.2 Å². The molecule has 1 amide bonds. The molecule has 1 saturated heterocycles. The molecule has 1 N–H and O–H groups in total.